The smallest absolute Gasteiger partial charge is 0.220 e. The van der Waals surface area contributed by atoms with Gasteiger partial charge in [-0.1, -0.05) is 159 Å². The average Bonchev–Trinajstić information content (AvgIpc) is 3.81. The van der Waals surface area contributed by atoms with Gasteiger partial charge in [-0.2, -0.15) is 0 Å². The number of hydrogen-bond donors (Lipinski definition) is 0. The molecule has 0 saturated heterocycles. The predicted molar refractivity (Wildman–Crippen MR) is 238 cm³/mol. The highest BCUT2D eigenvalue weighted by Crippen LogP contribution is 2.47. The Morgan fingerprint density at radius 1 is 0.600 bits per heavy atom. The van der Waals surface area contributed by atoms with E-state index in [1.807, 2.05) is 56.3 Å². The van der Waals surface area contributed by atoms with Crippen molar-refractivity contribution in [1.29, 1.82) is 4.94 Å². The Labute approximate surface area is 332 Å². The van der Waals surface area contributed by atoms with Gasteiger partial charge in [-0.25, -0.2) is 4.98 Å². The molecule has 0 spiro atoms. The summed E-state index contributed by atoms with van der Waals surface area (Å²) in [6.07, 6.45) is 0. The molecule has 2 aromatic heterocycles. The number of benzene rings is 7. The minimum atomic E-state index is -3.91. The summed E-state index contributed by atoms with van der Waals surface area (Å²) < 4.78 is 50.2. The molecule has 10 rings (SSSR count). The Kier molecular flexibility index (Phi) is 7.28. The Balaban J connectivity index is 1.34. The summed E-state index contributed by atoms with van der Waals surface area (Å²) in [5.41, 5.74) is 6.39. The van der Waals surface area contributed by atoms with E-state index in [9.17, 15) is 4.94 Å². The third kappa shape index (κ3) is 5.03. The number of aromatic nitrogens is 3. The number of ether oxygens (including phenoxy) is 1. The van der Waals surface area contributed by atoms with Crippen molar-refractivity contribution < 1.29 is 4.74 Å². The first-order valence-electron chi connectivity index (χ1n) is 21.2. The SMILES string of the molecule is [2H][Si]([2H])(CC)C1([Si]([2H])([2H])CC)c2ccccc2Oc2c1cccc2[Si](c1ccccc1)(c1ccccc1)c1cccc(-n2c3ccccc3n3c4ccccc4nc23)c1. The van der Waals surface area contributed by atoms with Crippen LogP contribution in [0.2, 0.25) is 12.1 Å². The Bertz CT molecular complexity index is 2990. The molecule has 0 amide bonds. The van der Waals surface area contributed by atoms with Gasteiger partial charge >= 0.3 is 0 Å². The Hall–Kier alpha value is -5.74. The van der Waals surface area contributed by atoms with Crippen molar-refractivity contribution in [2.45, 2.75) is 30.6 Å². The molecule has 0 radical (unpaired) electrons. The second-order valence-corrected chi connectivity index (χ2v) is 22.1. The van der Waals surface area contributed by atoms with Crippen LogP contribution in [0, 0.1) is 0 Å². The van der Waals surface area contributed by atoms with Gasteiger partial charge in [0.1, 0.15) is 11.5 Å². The number of hydrogen-bond acceptors (Lipinski definition) is 2. The van der Waals surface area contributed by atoms with E-state index in [0.29, 0.717) is 22.6 Å². The van der Waals surface area contributed by atoms with Crippen LogP contribution in [0.25, 0.3) is 33.5 Å². The lowest BCUT2D eigenvalue weighted by molar-refractivity contribution is 0.455. The van der Waals surface area contributed by atoms with Crippen LogP contribution in [0.15, 0.2) is 176 Å². The molecule has 0 bridgehead atoms. The molecular weight excluding hydrogens is 719 g/mol. The standard InChI is InChI=1S/C48H43N3OSi3/c1-3-53-48(54-4-2)38-25-11-16-31-44(38)52-46-39(48)26-18-32-45(46)55(35-20-7-5-8-21-35,36-22-9-6-10-23-36)37-24-17-19-34(33-37)50-42-29-14-15-30-43(42)51-41-28-13-12-27-40(41)49-47(50)51/h5-33H,3-4,53-54H2,1-2H3/i53D2,54D2. The van der Waals surface area contributed by atoms with Crippen molar-refractivity contribution >= 4 is 75.4 Å². The van der Waals surface area contributed by atoms with Crippen LogP contribution in [-0.4, -0.2) is 45.7 Å². The van der Waals surface area contributed by atoms with Crippen LogP contribution in [0.4, 0.5) is 0 Å². The summed E-state index contributed by atoms with van der Waals surface area (Å²) >= 11 is 0. The van der Waals surface area contributed by atoms with Crippen molar-refractivity contribution in [2.75, 3.05) is 0 Å². The fourth-order valence-electron chi connectivity index (χ4n) is 9.16. The molecule has 0 N–H and O–H groups in total. The molecule has 1 aliphatic heterocycles. The van der Waals surface area contributed by atoms with Crippen LogP contribution in [0.3, 0.4) is 0 Å². The van der Waals surface area contributed by atoms with E-state index in [1.165, 1.54) is 0 Å². The monoisotopic (exact) mass is 765 g/mol. The van der Waals surface area contributed by atoms with Crippen LogP contribution in [0.1, 0.15) is 25.0 Å². The second kappa shape index (κ2) is 13.5. The third-order valence-electron chi connectivity index (χ3n) is 11.3. The zero-order valence-corrected chi connectivity index (χ0v) is 33.9. The van der Waals surface area contributed by atoms with Crippen LogP contribution < -0.4 is 25.5 Å². The van der Waals surface area contributed by atoms with E-state index in [0.717, 1.165) is 54.3 Å². The maximum Gasteiger partial charge on any atom is 0.220 e. The zero-order valence-electron chi connectivity index (χ0n) is 34.9. The van der Waals surface area contributed by atoms with Gasteiger partial charge in [0.15, 0.2) is 8.07 Å². The topological polar surface area (TPSA) is 31.5 Å². The Morgan fingerprint density at radius 3 is 1.91 bits per heavy atom. The number of rotatable bonds is 9. The lowest BCUT2D eigenvalue weighted by Gasteiger charge is -2.43. The molecule has 0 atom stereocenters. The van der Waals surface area contributed by atoms with E-state index in [1.54, 1.807) is 0 Å². The normalized spacial score (nSPS) is 15.1. The van der Waals surface area contributed by atoms with Gasteiger partial charge in [-0.15, -0.1) is 0 Å². The van der Waals surface area contributed by atoms with E-state index in [-0.39, 0.29) is 12.1 Å². The third-order valence-corrected chi connectivity index (χ3v) is 20.0. The molecule has 0 unspecified atom stereocenters. The first-order chi connectivity index (χ1) is 28.7. The zero-order chi connectivity index (χ0) is 40.6. The first kappa shape index (κ1) is 29.6. The van der Waals surface area contributed by atoms with Crippen LogP contribution in [0.5, 0.6) is 11.5 Å². The lowest BCUT2D eigenvalue weighted by atomic mass is 9.98. The van der Waals surface area contributed by atoms with Crippen molar-refractivity contribution in [1.82, 2.24) is 14.0 Å². The molecule has 268 valence electrons. The van der Waals surface area contributed by atoms with Crippen LogP contribution in [-0.2, 0) is 4.66 Å². The summed E-state index contributed by atoms with van der Waals surface area (Å²) in [5, 5.41) is 4.38. The van der Waals surface area contributed by atoms with E-state index < -0.39 is 31.5 Å². The van der Waals surface area contributed by atoms with Gasteiger partial charge < -0.3 is 4.74 Å². The maximum atomic E-state index is 9.98. The summed E-state index contributed by atoms with van der Waals surface area (Å²) in [4.78, 5) is 5.21. The summed E-state index contributed by atoms with van der Waals surface area (Å²) in [7, 11) is -11.2. The van der Waals surface area contributed by atoms with E-state index >= 15 is 0 Å². The van der Waals surface area contributed by atoms with Gasteiger partial charge in [0, 0.05) is 34.1 Å². The number of fused-ring (bicyclic) bond motifs is 7. The van der Waals surface area contributed by atoms with E-state index in [4.69, 9.17) is 9.72 Å². The van der Waals surface area contributed by atoms with Gasteiger partial charge in [0.2, 0.25) is 5.78 Å². The second-order valence-electron chi connectivity index (χ2n) is 14.2. The van der Waals surface area contributed by atoms with Gasteiger partial charge in [-0.3, -0.25) is 8.97 Å². The fourth-order valence-corrected chi connectivity index (χ4v) is 18.2. The molecule has 7 aromatic carbocycles. The van der Waals surface area contributed by atoms with Gasteiger partial charge in [0.25, 0.3) is 0 Å². The molecule has 3 heterocycles. The Morgan fingerprint density at radius 2 is 1.18 bits per heavy atom. The highest BCUT2D eigenvalue weighted by atomic mass is 28.3. The molecule has 9 aromatic rings. The van der Waals surface area contributed by atoms with Gasteiger partial charge in [0.05, 0.1) is 22.1 Å². The van der Waals surface area contributed by atoms with Crippen LogP contribution >= 0.6 is 0 Å². The van der Waals surface area contributed by atoms with Crippen molar-refractivity contribution in [3.05, 3.63) is 187 Å². The highest BCUT2D eigenvalue weighted by molar-refractivity contribution is 7.20. The summed E-state index contributed by atoms with van der Waals surface area (Å²) in [6.45, 7) is 3.80. The molecule has 0 fully saturated rings. The molecule has 0 aliphatic carbocycles. The van der Waals surface area contributed by atoms with Crippen molar-refractivity contribution in [3.63, 3.8) is 0 Å². The van der Waals surface area contributed by atoms with E-state index in [2.05, 4.69) is 142 Å². The highest BCUT2D eigenvalue weighted by Gasteiger charge is 2.48. The number of imidazole rings is 2. The molecule has 7 heteroatoms. The lowest BCUT2D eigenvalue weighted by Crippen LogP contribution is -2.75. The minimum Gasteiger partial charge on any atom is -0.457 e. The molecular formula is C48H43N3OSi3. The largest absolute Gasteiger partial charge is 0.457 e. The fraction of sp³-hybridized carbons (Fsp3) is 0.104. The molecule has 4 nitrogen and oxygen atoms in total. The summed E-state index contributed by atoms with van der Waals surface area (Å²) in [5.74, 6) is 1.97. The minimum absolute atomic E-state index is 0.279. The molecule has 0 saturated carbocycles. The molecule has 55 heavy (non-hydrogen) atoms. The maximum absolute atomic E-state index is 9.98. The van der Waals surface area contributed by atoms with Crippen molar-refractivity contribution in [2.24, 2.45) is 0 Å². The average molecular weight is 766 g/mol. The number of nitrogens with zero attached hydrogens (tertiary/aromatic N) is 3. The quantitative estimate of drug-likeness (QED) is 0.114. The number of para-hydroxylation sites is 6. The molecule has 1 aliphatic rings. The predicted octanol–water partition coefficient (Wildman–Crippen LogP) is 7.33. The van der Waals surface area contributed by atoms with Gasteiger partial charge in [-0.05, 0) is 74.3 Å². The summed E-state index contributed by atoms with van der Waals surface area (Å²) in [6, 6.07) is 61.4. The van der Waals surface area contributed by atoms with Crippen molar-refractivity contribution in [3.8, 4) is 17.2 Å². The first-order valence-corrected chi connectivity index (χ1v) is 23.6.